The van der Waals surface area contributed by atoms with E-state index in [2.05, 4.69) is 15.0 Å². The van der Waals surface area contributed by atoms with Crippen molar-refractivity contribution in [2.75, 3.05) is 0 Å². The molecule has 0 saturated carbocycles. The molecule has 188 valence electrons. The Kier molecular flexibility index (Phi) is 11.4. The number of aromatic nitrogens is 3. The van der Waals surface area contributed by atoms with Gasteiger partial charge in [0.2, 0.25) is 5.82 Å². The molecule has 0 aliphatic carbocycles. The minimum atomic E-state index is -5.09. The van der Waals surface area contributed by atoms with Crippen molar-refractivity contribution in [1.29, 1.82) is 0 Å². The molecular weight excluding hydrogens is 578 g/mol. The van der Waals surface area contributed by atoms with Crippen LogP contribution in [0.15, 0.2) is 51.1 Å². The summed E-state index contributed by atoms with van der Waals surface area (Å²) in [6.45, 7) is -1.04. The van der Waals surface area contributed by atoms with Gasteiger partial charge in [0.05, 0.1) is 16.8 Å². The topological polar surface area (TPSA) is 134 Å². The van der Waals surface area contributed by atoms with Crippen LogP contribution in [0.1, 0.15) is 11.1 Å². The summed E-state index contributed by atoms with van der Waals surface area (Å²) in [5.41, 5.74) is -1.05. The molecule has 2 aromatic carbocycles. The maximum atomic E-state index is 13.9. The van der Waals surface area contributed by atoms with Crippen LogP contribution in [0.25, 0.3) is 17.1 Å². The van der Waals surface area contributed by atoms with Gasteiger partial charge >= 0.3 is 59.1 Å². The molecule has 0 fully saturated rings. The summed E-state index contributed by atoms with van der Waals surface area (Å²) < 4.78 is 84.2. The minimum Gasteiger partial charge on any atom is -0.808 e. The fourth-order valence-corrected chi connectivity index (χ4v) is 4.40. The molecule has 17 heteroatoms. The van der Waals surface area contributed by atoms with E-state index in [-0.39, 0.29) is 75.9 Å². The normalized spacial score (nSPS) is 11.4. The summed E-state index contributed by atoms with van der Waals surface area (Å²) in [4.78, 5) is 44.2. The predicted octanol–water partition coefficient (Wildman–Crippen LogP) is -2.43. The van der Waals surface area contributed by atoms with E-state index >= 15 is 0 Å². The van der Waals surface area contributed by atoms with Gasteiger partial charge in [0, 0.05) is 11.1 Å². The number of nitrogens with one attached hydrogen (secondary N) is 2. The van der Waals surface area contributed by atoms with E-state index in [1.807, 2.05) is 0 Å². The van der Waals surface area contributed by atoms with Crippen molar-refractivity contribution in [3.8, 4) is 5.75 Å². The first kappa shape index (κ1) is 32.8. The number of aromatic amines is 2. The van der Waals surface area contributed by atoms with Crippen molar-refractivity contribution in [3.63, 3.8) is 0 Å². The van der Waals surface area contributed by atoms with E-state index in [0.29, 0.717) is 21.1 Å². The Morgan fingerprint density at radius 3 is 2.24 bits per heavy atom. The van der Waals surface area contributed by atoms with Gasteiger partial charge in [-0.05, 0) is 31.4 Å². The first-order valence-corrected chi connectivity index (χ1v) is 12.1. The molecule has 0 amide bonds. The first-order valence-electron chi connectivity index (χ1n) is 9.67. The Balaban J connectivity index is 0.00000253. The molecule has 38 heavy (non-hydrogen) atoms. The van der Waals surface area contributed by atoms with Gasteiger partial charge in [0.15, 0.2) is 23.3 Å². The number of fused-ring (bicyclic) bond motifs is 1. The fourth-order valence-electron chi connectivity index (χ4n) is 3.07. The minimum absolute atomic E-state index is 0. The van der Waals surface area contributed by atoms with Gasteiger partial charge in [-0.25, -0.2) is 26.9 Å². The number of ether oxygens (including phenoxy) is 1. The Morgan fingerprint density at radius 1 is 0.974 bits per heavy atom. The van der Waals surface area contributed by atoms with Crippen molar-refractivity contribution in [2.45, 2.75) is 16.4 Å². The molecule has 0 bridgehead atoms. The van der Waals surface area contributed by atoms with Crippen LogP contribution in [0, 0.1) is 29.1 Å². The molecule has 2 heterocycles. The third kappa shape index (κ3) is 7.19. The Morgan fingerprint density at radius 2 is 1.61 bits per heavy atom. The van der Waals surface area contributed by atoms with Crippen molar-refractivity contribution >= 4 is 36.5 Å². The maximum absolute atomic E-state index is 13.9. The van der Waals surface area contributed by atoms with Crippen molar-refractivity contribution < 1.29 is 100 Å². The summed E-state index contributed by atoms with van der Waals surface area (Å²) in [6, 6.07) is 3.87. The Hall–Kier alpha value is -1.45. The second-order valence-electron chi connectivity index (χ2n) is 7.10. The van der Waals surface area contributed by atoms with Gasteiger partial charge in [0.1, 0.15) is 23.4 Å². The molecule has 0 aliphatic rings. The Bertz CT molecular complexity index is 1600. The molecule has 0 aliphatic heterocycles. The van der Waals surface area contributed by atoms with Gasteiger partial charge < -0.3 is 29.1 Å². The monoisotopic (exact) mass is 589 g/mol. The predicted molar refractivity (Wildman–Crippen MR) is 114 cm³/mol. The summed E-state index contributed by atoms with van der Waals surface area (Å²) in [5.74, 6) is -10.4. The second-order valence-corrected chi connectivity index (χ2v) is 9.56. The summed E-state index contributed by atoms with van der Waals surface area (Å²) in [5, 5.41) is 0. The van der Waals surface area contributed by atoms with Crippen LogP contribution in [0.3, 0.4) is 0 Å². The zero-order valence-electron chi connectivity index (χ0n) is 19.5. The third-order valence-corrected chi connectivity index (χ3v) is 6.39. The van der Waals surface area contributed by atoms with Crippen LogP contribution in [0.5, 0.6) is 5.75 Å². The molecular formula is C21H11F5N3Na2O5PS. The number of nitrogens with zero attached hydrogens (tertiary/aromatic N) is 1. The molecule has 0 unspecified atom stereocenters. The number of hydrogen-bond donors (Lipinski definition) is 2. The number of halogens is 5. The van der Waals surface area contributed by atoms with E-state index in [9.17, 15) is 41.1 Å². The van der Waals surface area contributed by atoms with Crippen LogP contribution in [-0.4, -0.2) is 15.0 Å². The van der Waals surface area contributed by atoms with Crippen molar-refractivity contribution in [3.05, 3.63) is 87.1 Å². The molecule has 0 atom stereocenters. The Labute approximate surface area is 258 Å². The van der Waals surface area contributed by atoms with Crippen LogP contribution in [0.2, 0.25) is 0 Å². The van der Waals surface area contributed by atoms with Crippen LogP contribution >= 0.6 is 19.4 Å². The largest absolute Gasteiger partial charge is 1.00 e. The van der Waals surface area contributed by atoms with E-state index in [4.69, 9.17) is 4.74 Å². The standard InChI is InChI=1S/C21H13F5N3O5PS.2Na/c22-14-11(15(23)17(25)18(26)16(14)24)7-34-10-1-2-12(9(5-10)3-4-35(31,32)33)36-13-6-27-20-19(13)28-8-29-21(20)30;;/h1-6,8,27H,7H2,(H,28,29,30)(H2,31,32,33);;/q;2*+1/p-2/b4-3+;;. The van der Waals surface area contributed by atoms with Gasteiger partial charge in [-0.1, -0.05) is 23.7 Å². The smallest absolute Gasteiger partial charge is 0.808 e. The van der Waals surface area contributed by atoms with Gasteiger partial charge in [-0.3, -0.25) is 4.79 Å². The molecule has 2 aromatic heterocycles. The van der Waals surface area contributed by atoms with Gasteiger partial charge in [-0.2, -0.15) is 0 Å². The third-order valence-electron chi connectivity index (χ3n) is 4.76. The van der Waals surface area contributed by atoms with E-state index in [0.717, 1.165) is 17.8 Å². The number of rotatable bonds is 7. The van der Waals surface area contributed by atoms with E-state index in [1.54, 1.807) is 0 Å². The summed E-state index contributed by atoms with van der Waals surface area (Å²) >= 11 is 1.04. The fraction of sp³-hybridized carbons (Fsp3) is 0.0476. The van der Waals surface area contributed by atoms with E-state index < -0.39 is 54.4 Å². The zero-order valence-corrected chi connectivity index (χ0v) is 25.2. The van der Waals surface area contributed by atoms with Crippen molar-refractivity contribution in [2.24, 2.45) is 0 Å². The average molecular weight is 589 g/mol. The molecule has 0 saturated heterocycles. The van der Waals surface area contributed by atoms with Crippen LogP contribution < -0.4 is 79.2 Å². The number of H-pyrrole nitrogens is 2. The van der Waals surface area contributed by atoms with Crippen LogP contribution in [-0.2, 0) is 11.2 Å². The summed E-state index contributed by atoms with van der Waals surface area (Å²) in [7, 11) is -5.09. The van der Waals surface area contributed by atoms with Gasteiger partial charge in [-0.15, -0.1) is 0 Å². The molecule has 2 N–H and O–H groups in total. The summed E-state index contributed by atoms with van der Waals surface area (Å²) in [6.07, 6.45) is 3.61. The quantitative estimate of drug-likeness (QED) is 0.0806. The maximum Gasteiger partial charge on any atom is 1.00 e. The van der Waals surface area contributed by atoms with Crippen molar-refractivity contribution in [1.82, 2.24) is 15.0 Å². The molecule has 8 nitrogen and oxygen atoms in total. The second kappa shape index (κ2) is 13.3. The first-order chi connectivity index (χ1) is 17.0. The van der Waals surface area contributed by atoms with E-state index in [1.165, 1.54) is 30.7 Å². The SMILES string of the molecule is O=c1[nH]cnc2c(Sc3ccc(OCc4c(F)c(F)c(F)c(F)c4F)cc3/C=C/P(=O)([O-])[O-])c[nH]c12.[Na+].[Na+]. The molecule has 0 spiro atoms. The van der Waals surface area contributed by atoms with Gasteiger partial charge in [0.25, 0.3) is 5.56 Å². The zero-order chi connectivity index (χ0) is 26.2. The average Bonchev–Trinajstić information content (AvgIpc) is 3.25. The molecule has 4 aromatic rings. The number of benzene rings is 2. The molecule has 0 radical (unpaired) electrons. The number of hydrogen-bond acceptors (Lipinski definition) is 7. The van der Waals surface area contributed by atoms with Crippen LogP contribution in [0.4, 0.5) is 22.0 Å². The molecule has 4 rings (SSSR count).